The molecule has 16 heavy (non-hydrogen) atoms. The minimum absolute atomic E-state index is 0.124. The number of benzene rings is 1. The molecule has 0 saturated heterocycles. The zero-order valence-electron chi connectivity index (χ0n) is 8.56. The molecular formula is C10H10N4O2. The van der Waals surface area contributed by atoms with Gasteiger partial charge in [-0.3, -0.25) is 0 Å². The Balaban J connectivity index is 2.23. The number of H-pyrrole nitrogens is 1. The highest BCUT2D eigenvalue weighted by atomic mass is 16.4. The van der Waals surface area contributed by atoms with Crippen molar-refractivity contribution in [3.63, 3.8) is 0 Å². The summed E-state index contributed by atoms with van der Waals surface area (Å²) < 4.78 is 0. The van der Waals surface area contributed by atoms with Crippen molar-refractivity contribution in [1.29, 1.82) is 0 Å². The van der Waals surface area contributed by atoms with Gasteiger partial charge in [0.25, 0.3) is 0 Å². The molecule has 0 saturated carbocycles. The van der Waals surface area contributed by atoms with Gasteiger partial charge in [-0.25, -0.2) is 4.79 Å². The summed E-state index contributed by atoms with van der Waals surface area (Å²) in [4.78, 5) is 10.8. The van der Waals surface area contributed by atoms with Gasteiger partial charge in [-0.05, 0) is 19.1 Å². The Morgan fingerprint density at radius 1 is 1.31 bits per heavy atom. The number of anilines is 2. The van der Waals surface area contributed by atoms with E-state index in [9.17, 15) is 4.79 Å². The first-order valence-corrected chi connectivity index (χ1v) is 4.64. The minimum atomic E-state index is -1.12. The summed E-state index contributed by atoms with van der Waals surface area (Å²) >= 11 is 0. The maximum absolute atomic E-state index is 10.8. The van der Waals surface area contributed by atoms with Crippen molar-refractivity contribution in [3.8, 4) is 0 Å². The number of aromatic nitrogens is 3. The average molecular weight is 218 g/mol. The maximum atomic E-state index is 10.8. The second-order valence-electron chi connectivity index (χ2n) is 3.32. The lowest BCUT2D eigenvalue weighted by molar-refractivity contribution is 0.0691. The third kappa shape index (κ3) is 2.00. The predicted octanol–water partition coefficient (Wildman–Crippen LogP) is 1.55. The molecule has 0 unspecified atom stereocenters. The number of nitrogens with one attached hydrogen (secondary N) is 2. The van der Waals surface area contributed by atoms with Crippen LogP contribution >= 0.6 is 0 Å². The van der Waals surface area contributed by atoms with Crippen LogP contribution in [0.3, 0.4) is 0 Å². The smallest absolute Gasteiger partial charge is 0.360 e. The number of aryl methyl sites for hydroxylation is 1. The summed E-state index contributed by atoms with van der Waals surface area (Å²) in [6.07, 6.45) is 0. The number of aromatic amines is 1. The van der Waals surface area contributed by atoms with E-state index in [1.807, 2.05) is 31.2 Å². The van der Waals surface area contributed by atoms with Gasteiger partial charge in [0.1, 0.15) is 0 Å². The molecule has 0 aliphatic heterocycles. The summed E-state index contributed by atoms with van der Waals surface area (Å²) in [5, 5.41) is 21.2. The van der Waals surface area contributed by atoms with Gasteiger partial charge in [0.15, 0.2) is 5.82 Å². The van der Waals surface area contributed by atoms with E-state index in [1.165, 1.54) is 0 Å². The molecule has 0 spiro atoms. The van der Waals surface area contributed by atoms with E-state index in [4.69, 9.17) is 5.11 Å². The second kappa shape index (κ2) is 4.01. The molecule has 6 heteroatoms. The lowest BCUT2D eigenvalue weighted by Gasteiger charge is -2.03. The minimum Gasteiger partial charge on any atom is -0.476 e. The fourth-order valence-corrected chi connectivity index (χ4v) is 1.24. The van der Waals surface area contributed by atoms with Crippen LogP contribution in [0.25, 0.3) is 0 Å². The first-order chi connectivity index (χ1) is 7.66. The van der Waals surface area contributed by atoms with Crippen LogP contribution in [0.15, 0.2) is 24.3 Å². The average Bonchev–Trinajstić information content (AvgIpc) is 2.69. The van der Waals surface area contributed by atoms with E-state index < -0.39 is 5.97 Å². The fourth-order valence-electron chi connectivity index (χ4n) is 1.24. The molecule has 1 aromatic carbocycles. The summed E-state index contributed by atoms with van der Waals surface area (Å²) in [7, 11) is 0. The van der Waals surface area contributed by atoms with Crippen LogP contribution in [-0.2, 0) is 0 Å². The summed E-state index contributed by atoms with van der Waals surface area (Å²) in [5.74, 6) is -0.917. The van der Waals surface area contributed by atoms with E-state index in [0.717, 1.165) is 11.3 Å². The molecule has 0 amide bonds. The fraction of sp³-hybridized carbons (Fsp3) is 0.100. The monoisotopic (exact) mass is 218 g/mol. The number of carboxylic acid groups (broad SMARTS) is 1. The molecule has 1 heterocycles. The molecule has 6 nitrogen and oxygen atoms in total. The van der Waals surface area contributed by atoms with Crippen molar-refractivity contribution in [3.05, 3.63) is 35.5 Å². The van der Waals surface area contributed by atoms with Gasteiger partial charge in [-0.15, -0.1) is 10.2 Å². The Labute approximate surface area is 91.3 Å². The van der Waals surface area contributed by atoms with Crippen LogP contribution in [0.4, 0.5) is 11.5 Å². The second-order valence-corrected chi connectivity index (χ2v) is 3.32. The summed E-state index contributed by atoms with van der Waals surface area (Å²) in [6, 6.07) is 7.52. The van der Waals surface area contributed by atoms with Crippen molar-refractivity contribution in [1.82, 2.24) is 15.4 Å². The number of nitrogens with zero attached hydrogens (tertiary/aromatic N) is 2. The van der Waals surface area contributed by atoms with Crippen molar-refractivity contribution < 1.29 is 9.90 Å². The van der Waals surface area contributed by atoms with E-state index in [1.54, 1.807) is 0 Å². The van der Waals surface area contributed by atoms with Crippen LogP contribution in [0.1, 0.15) is 16.1 Å². The maximum Gasteiger partial charge on any atom is 0.360 e. The van der Waals surface area contributed by atoms with Crippen LogP contribution in [0.2, 0.25) is 0 Å². The molecule has 3 N–H and O–H groups in total. The number of hydrogen-bond donors (Lipinski definition) is 3. The zero-order chi connectivity index (χ0) is 11.5. The SMILES string of the molecule is Cc1ccc(Nc2n[nH]nc2C(=O)O)cc1. The third-order valence-electron chi connectivity index (χ3n) is 2.06. The van der Waals surface area contributed by atoms with Gasteiger partial charge in [0.05, 0.1) is 0 Å². The molecule has 0 aliphatic carbocycles. The van der Waals surface area contributed by atoms with Gasteiger partial charge in [0, 0.05) is 5.69 Å². The molecule has 2 rings (SSSR count). The lowest BCUT2D eigenvalue weighted by Crippen LogP contribution is -2.02. The number of rotatable bonds is 3. The Morgan fingerprint density at radius 2 is 2.00 bits per heavy atom. The Kier molecular flexibility index (Phi) is 2.55. The molecule has 1 aromatic heterocycles. The van der Waals surface area contributed by atoms with Crippen LogP contribution < -0.4 is 5.32 Å². The van der Waals surface area contributed by atoms with Gasteiger partial charge >= 0.3 is 5.97 Å². The van der Waals surface area contributed by atoms with Crippen molar-refractivity contribution in [2.24, 2.45) is 0 Å². The largest absolute Gasteiger partial charge is 0.476 e. The quantitative estimate of drug-likeness (QED) is 0.727. The van der Waals surface area contributed by atoms with E-state index >= 15 is 0 Å². The van der Waals surface area contributed by atoms with Crippen LogP contribution in [0, 0.1) is 6.92 Å². The topological polar surface area (TPSA) is 90.9 Å². The van der Waals surface area contributed by atoms with Crippen molar-refractivity contribution >= 4 is 17.5 Å². The highest BCUT2D eigenvalue weighted by Crippen LogP contribution is 2.16. The lowest BCUT2D eigenvalue weighted by atomic mass is 10.2. The first kappa shape index (κ1) is 10.2. The van der Waals surface area contributed by atoms with Gasteiger partial charge in [-0.1, -0.05) is 17.7 Å². The zero-order valence-corrected chi connectivity index (χ0v) is 8.56. The molecule has 0 aliphatic rings. The molecule has 2 aromatic rings. The highest BCUT2D eigenvalue weighted by Gasteiger charge is 2.14. The standard InChI is InChI=1S/C10H10N4O2/c1-6-2-4-7(5-3-6)11-9-8(10(15)16)12-14-13-9/h2-5H,1H3,(H,15,16)(H2,11,12,13,14). The van der Waals surface area contributed by atoms with Crippen molar-refractivity contribution in [2.75, 3.05) is 5.32 Å². The van der Waals surface area contributed by atoms with E-state index in [-0.39, 0.29) is 11.5 Å². The summed E-state index contributed by atoms with van der Waals surface area (Å²) in [6.45, 7) is 1.97. The van der Waals surface area contributed by atoms with Crippen LogP contribution in [0.5, 0.6) is 0 Å². The van der Waals surface area contributed by atoms with E-state index in [2.05, 4.69) is 20.7 Å². The Hall–Kier alpha value is -2.37. The molecular weight excluding hydrogens is 208 g/mol. The normalized spacial score (nSPS) is 10.1. The molecule has 0 atom stereocenters. The summed E-state index contributed by atoms with van der Waals surface area (Å²) in [5.41, 5.74) is 1.77. The van der Waals surface area contributed by atoms with Crippen molar-refractivity contribution in [2.45, 2.75) is 6.92 Å². The van der Waals surface area contributed by atoms with E-state index in [0.29, 0.717) is 0 Å². The Morgan fingerprint density at radius 3 is 2.62 bits per heavy atom. The molecule has 0 radical (unpaired) electrons. The molecule has 0 bridgehead atoms. The predicted molar refractivity (Wildman–Crippen MR) is 57.8 cm³/mol. The van der Waals surface area contributed by atoms with Gasteiger partial charge < -0.3 is 10.4 Å². The van der Waals surface area contributed by atoms with Gasteiger partial charge in [0.2, 0.25) is 5.69 Å². The number of carboxylic acids is 1. The van der Waals surface area contributed by atoms with Gasteiger partial charge in [-0.2, -0.15) is 5.21 Å². The number of carbonyl (C=O) groups is 1. The number of hydrogen-bond acceptors (Lipinski definition) is 4. The molecule has 0 fully saturated rings. The Bertz CT molecular complexity index is 504. The molecule has 82 valence electrons. The highest BCUT2D eigenvalue weighted by molar-refractivity contribution is 5.91. The third-order valence-corrected chi connectivity index (χ3v) is 2.06. The number of aromatic carboxylic acids is 1. The van der Waals surface area contributed by atoms with Crippen LogP contribution in [-0.4, -0.2) is 26.5 Å². The first-order valence-electron chi connectivity index (χ1n) is 4.64.